The van der Waals surface area contributed by atoms with E-state index in [1.54, 1.807) is 7.11 Å². The summed E-state index contributed by atoms with van der Waals surface area (Å²) in [6.45, 7) is 13.6. The number of rotatable bonds is 17. The van der Waals surface area contributed by atoms with Crippen molar-refractivity contribution < 1.29 is 38.7 Å². The van der Waals surface area contributed by atoms with Crippen LogP contribution in [0.1, 0.15) is 68.7 Å². The molecule has 0 heterocycles. The van der Waals surface area contributed by atoms with Crippen molar-refractivity contribution >= 4 is 11.9 Å². The normalized spacial score (nSPS) is 21.7. The monoisotopic (exact) mass is 634 g/mol. The predicted molar refractivity (Wildman–Crippen MR) is 177 cm³/mol. The van der Waals surface area contributed by atoms with E-state index in [0.29, 0.717) is 25.0 Å². The number of aliphatic hydroxyl groups is 2. The summed E-state index contributed by atoms with van der Waals surface area (Å²) in [5.41, 5.74) is 3.94. The van der Waals surface area contributed by atoms with Gasteiger partial charge in [0.25, 0.3) is 0 Å². The molecule has 0 spiro atoms. The Morgan fingerprint density at radius 2 is 1.35 bits per heavy atom. The smallest absolute Gasteiger partial charge is 0.310 e. The summed E-state index contributed by atoms with van der Waals surface area (Å²) >= 11 is 0. The number of aliphatic hydroxyl groups excluding tert-OH is 2. The highest BCUT2D eigenvalue weighted by Gasteiger charge is 2.55. The number of esters is 2. The van der Waals surface area contributed by atoms with Gasteiger partial charge in [-0.15, -0.1) is 13.2 Å². The van der Waals surface area contributed by atoms with Crippen molar-refractivity contribution in [3.05, 3.63) is 84.0 Å². The van der Waals surface area contributed by atoms with Crippen molar-refractivity contribution in [3.63, 3.8) is 0 Å². The molecule has 0 radical (unpaired) electrons. The average Bonchev–Trinajstić information content (AvgIpc) is 3.68. The maximum absolute atomic E-state index is 13.1. The fourth-order valence-electron chi connectivity index (χ4n) is 6.94. The number of carbonyl (C=O) groups excluding carboxylic acids is 2. The van der Waals surface area contributed by atoms with Gasteiger partial charge in [-0.1, -0.05) is 57.2 Å². The molecule has 2 N–H and O–H groups in total. The van der Waals surface area contributed by atoms with Crippen LogP contribution in [0.2, 0.25) is 0 Å². The van der Waals surface area contributed by atoms with E-state index in [9.17, 15) is 19.8 Å². The Morgan fingerprint density at radius 1 is 0.848 bits per heavy atom. The first-order valence-electron chi connectivity index (χ1n) is 16.4. The van der Waals surface area contributed by atoms with Gasteiger partial charge in [0.2, 0.25) is 0 Å². The zero-order valence-corrected chi connectivity index (χ0v) is 27.7. The molecule has 6 unspecified atom stereocenters. The molecule has 8 nitrogen and oxygen atoms in total. The van der Waals surface area contributed by atoms with Crippen LogP contribution in [0.15, 0.2) is 61.7 Å². The van der Waals surface area contributed by atoms with Crippen LogP contribution in [-0.4, -0.2) is 61.3 Å². The number of ether oxygens (including phenoxy) is 4. The lowest BCUT2D eigenvalue weighted by molar-refractivity contribution is -0.166. The standard InChI is InChI=1S/C38H50O8/c1-7-10-24-19-28(14-16-32(24)43-6)38(4,5)29-15-17-33(25(20-29)11-8-2)44-22-31(40)23-46-37(42)35-27-13-12-26(18-27)34(35)36(41)45-21-30(39)9-3/h7-8,14-17,19-20,26-27,30-31,34-35,39-40H,1-2,9-13,18,21-23H2,3-6H3. The molecule has 46 heavy (non-hydrogen) atoms. The van der Waals surface area contributed by atoms with Gasteiger partial charge in [-0.25, -0.2) is 0 Å². The molecule has 2 aromatic carbocycles. The Bertz CT molecular complexity index is 1380. The van der Waals surface area contributed by atoms with E-state index in [-0.39, 0.29) is 37.1 Å². The molecular formula is C38H50O8. The minimum atomic E-state index is -1.05. The van der Waals surface area contributed by atoms with Crippen molar-refractivity contribution in [2.24, 2.45) is 23.7 Å². The van der Waals surface area contributed by atoms with Crippen molar-refractivity contribution in [3.8, 4) is 11.5 Å². The third-order valence-corrected chi connectivity index (χ3v) is 9.71. The zero-order valence-electron chi connectivity index (χ0n) is 27.7. The highest BCUT2D eigenvalue weighted by Crippen LogP contribution is 2.53. The summed E-state index contributed by atoms with van der Waals surface area (Å²) in [5.74, 6) is -0.495. The van der Waals surface area contributed by atoms with E-state index < -0.39 is 36.0 Å². The minimum absolute atomic E-state index is 0.0651. The topological polar surface area (TPSA) is 112 Å². The number of methoxy groups -OCH3 is 1. The molecule has 250 valence electrons. The molecule has 4 rings (SSSR count). The summed E-state index contributed by atoms with van der Waals surface area (Å²) in [4.78, 5) is 26.0. The van der Waals surface area contributed by atoms with Gasteiger partial charge in [0, 0.05) is 5.41 Å². The molecule has 8 heteroatoms. The first-order valence-corrected chi connectivity index (χ1v) is 16.4. The third-order valence-electron chi connectivity index (χ3n) is 9.71. The second kappa shape index (κ2) is 15.8. The van der Waals surface area contributed by atoms with Gasteiger partial charge in [0.1, 0.15) is 37.4 Å². The van der Waals surface area contributed by atoms with Crippen LogP contribution in [0.4, 0.5) is 0 Å². The zero-order chi connectivity index (χ0) is 33.4. The lowest BCUT2D eigenvalue weighted by Crippen LogP contribution is -2.38. The fraction of sp³-hybridized carbons (Fsp3) is 0.526. The van der Waals surface area contributed by atoms with Crippen LogP contribution in [0.3, 0.4) is 0 Å². The number of fused-ring (bicyclic) bond motifs is 2. The molecule has 2 fully saturated rings. The van der Waals surface area contributed by atoms with Gasteiger partial charge in [-0.3, -0.25) is 9.59 Å². The number of hydrogen-bond donors (Lipinski definition) is 2. The Hall–Kier alpha value is -3.62. The van der Waals surface area contributed by atoms with E-state index in [2.05, 4.69) is 45.2 Å². The van der Waals surface area contributed by atoms with Gasteiger partial charge in [0.15, 0.2) is 0 Å². The maximum atomic E-state index is 13.1. The van der Waals surface area contributed by atoms with Crippen molar-refractivity contribution in [2.75, 3.05) is 26.9 Å². The van der Waals surface area contributed by atoms with E-state index in [1.165, 1.54) is 0 Å². The molecule has 0 aliphatic heterocycles. The fourth-order valence-corrected chi connectivity index (χ4v) is 6.94. The lowest BCUT2D eigenvalue weighted by Gasteiger charge is -2.29. The lowest BCUT2D eigenvalue weighted by atomic mass is 9.77. The first kappa shape index (κ1) is 35.2. The van der Waals surface area contributed by atoms with Crippen LogP contribution < -0.4 is 9.47 Å². The average molecular weight is 635 g/mol. The van der Waals surface area contributed by atoms with Crippen molar-refractivity contribution in [1.82, 2.24) is 0 Å². The summed E-state index contributed by atoms with van der Waals surface area (Å²) in [6, 6.07) is 12.3. The summed E-state index contributed by atoms with van der Waals surface area (Å²) < 4.78 is 22.4. The van der Waals surface area contributed by atoms with Crippen molar-refractivity contribution in [2.45, 2.75) is 76.9 Å². The van der Waals surface area contributed by atoms with Crippen LogP contribution in [0, 0.1) is 23.7 Å². The van der Waals surface area contributed by atoms with E-state index in [0.717, 1.165) is 47.3 Å². The van der Waals surface area contributed by atoms with E-state index in [1.807, 2.05) is 37.3 Å². The van der Waals surface area contributed by atoms with Gasteiger partial charge in [0.05, 0.1) is 25.0 Å². The molecule has 2 aliphatic rings. The second-order valence-electron chi connectivity index (χ2n) is 13.1. The molecule has 0 saturated heterocycles. The van der Waals surface area contributed by atoms with Gasteiger partial charge >= 0.3 is 11.9 Å². The second-order valence-corrected chi connectivity index (χ2v) is 13.1. The van der Waals surface area contributed by atoms with Gasteiger partial charge < -0.3 is 29.2 Å². The molecular weight excluding hydrogens is 584 g/mol. The summed E-state index contributed by atoms with van der Waals surface area (Å²) in [7, 11) is 1.67. The Labute approximate surface area is 273 Å². The summed E-state index contributed by atoms with van der Waals surface area (Å²) in [6.07, 6.45) is 6.19. The van der Waals surface area contributed by atoms with Crippen LogP contribution in [0.5, 0.6) is 11.5 Å². The Kier molecular flexibility index (Phi) is 12.1. The maximum Gasteiger partial charge on any atom is 0.310 e. The summed E-state index contributed by atoms with van der Waals surface area (Å²) in [5, 5.41) is 20.5. The van der Waals surface area contributed by atoms with Crippen LogP contribution >= 0.6 is 0 Å². The van der Waals surface area contributed by atoms with Crippen LogP contribution in [0.25, 0.3) is 0 Å². The Balaban J connectivity index is 1.38. The van der Waals surface area contributed by atoms with E-state index in [4.69, 9.17) is 18.9 Å². The first-order chi connectivity index (χ1) is 22.0. The quantitative estimate of drug-likeness (QED) is 0.168. The molecule has 6 atom stereocenters. The number of carbonyl (C=O) groups is 2. The van der Waals surface area contributed by atoms with Crippen LogP contribution in [-0.2, 0) is 37.3 Å². The highest BCUT2D eigenvalue weighted by atomic mass is 16.6. The highest BCUT2D eigenvalue weighted by molar-refractivity contribution is 5.83. The number of hydrogen-bond acceptors (Lipinski definition) is 8. The largest absolute Gasteiger partial charge is 0.496 e. The number of benzene rings is 2. The number of allylic oxidation sites excluding steroid dienone is 2. The SMILES string of the molecule is C=CCc1cc(C(C)(C)c2ccc(OCC(O)COC(=O)C3C4CCC(C4)C3C(=O)OCC(O)CC)c(CC=C)c2)ccc1OC. The van der Waals surface area contributed by atoms with Crippen molar-refractivity contribution in [1.29, 1.82) is 0 Å². The molecule has 2 bridgehead atoms. The molecule has 0 aromatic heterocycles. The Morgan fingerprint density at radius 3 is 1.85 bits per heavy atom. The molecule has 0 amide bonds. The molecule has 2 saturated carbocycles. The van der Waals surface area contributed by atoms with Gasteiger partial charge in [-0.2, -0.15) is 0 Å². The minimum Gasteiger partial charge on any atom is -0.496 e. The van der Waals surface area contributed by atoms with Gasteiger partial charge in [-0.05, 0) is 84.7 Å². The van der Waals surface area contributed by atoms with E-state index >= 15 is 0 Å². The third kappa shape index (κ3) is 8.02. The molecule has 2 aliphatic carbocycles. The predicted octanol–water partition coefficient (Wildman–Crippen LogP) is 5.74. The molecule has 2 aromatic rings.